The molecule has 0 amide bonds. The Morgan fingerprint density at radius 3 is 2.62 bits per heavy atom. The van der Waals surface area contributed by atoms with Crippen LogP contribution in [-0.4, -0.2) is 0 Å². The molecule has 0 radical (unpaired) electrons. The Hall–Kier alpha value is -1.67. The summed E-state index contributed by atoms with van der Waals surface area (Å²) in [4.78, 5) is 0. The van der Waals surface area contributed by atoms with Gasteiger partial charge in [0, 0.05) is 22.1 Å². The third kappa shape index (κ3) is 2.28. The number of benzene rings is 2. The lowest BCUT2D eigenvalue weighted by atomic mass is 10.1. The van der Waals surface area contributed by atoms with Crippen molar-refractivity contribution in [3.05, 3.63) is 53.1 Å². The van der Waals surface area contributed by atoms with Crippen molar-refractivity contribution in [1.29, 1.82) is 0 Å². The molecular formula is C13H13ClN2. The van der Waals surface area contributed by atoms with Gasteiger partial charge in [-0.15, -0.1) is 0 Å². The van der Waals surface area contributed by atoms with Crippen LogP contribution in [0.4, 0.5) is 17.1 Å². The first-order valence-electron chi connectivity index (χ1n) is 5.04. The van der Waals surface area contributed by atoms with Gasteiger partial charge in [0.25, 0.3) is 0 Å². The molecular weight excluding hydrogens is 220 g/mol. The fraction of sp³-hybridized carbons (Fsp3) is 0.0769. The number of nitrogens with two attached hydrogens (primary N) is 1. The van der Waals surface area contributed by atoms with E-state index in [0.717, 1.165) is 22.6 Å². The summed E-state index contributed by atoms with van der Waals surface area (Å²) in [5.74, 6) is 0. The third-order valence-corrected chi connectivity index (χ3v) is 2.71. The molecule has 0 unspecified atom stereocenters. The van der Waals surface area contributed by atoms with Crippen LogP contribution in [0.25, 0.3) is 0 Å². The van der Waals surface area contributed by atoms with Crippen LogP contribution in [0.1, 0.15) is 5.56 Å². The summed E-state index contributed by atoms with van der Waals surface area (Å²) in [5, 5.41) is 4.00. The molecule has 3 heteroatoms. The van der Waals surface area contributed by atoms with Crippen LogP contribution in [-0.2, 0) is 0 Å². The summed E-state index contributed by atoms with van der Waals surface area (Å²) in [6.45, 7) is 1.99. The van der Waals surface area contributed by atoms with Gasteiger partial charge in [-0.25, -0.2) is 0 Å². The zero-order chi connectivity index (χ0) is 11.5. The summed E-state index contributed by atoms with van der Waals surface area (Å²) in [6.07, 6.45) is 0. The lowest BCUT2D eigenvalue weighted by Gasteiger charge is -2.11. The average molecular weight is 233 g/mol. The zero-order valence-corrected chi connectivity index (χ0v) is 9.75. The van der Waals surface area contributed by atoms with Crippen molar-refractivity contribution < 1.29 is 0 Å². The van der Waals surface area contributed by atoms with Crippen LogP contribution in [0, 0.1) is 6.92 Å². The molecule has 0 aromatic heterocycles. The second-order valence-electron chi connectivity index (χ2n) is 3.66. The van der Waals surface area contributed by atoms with E-state index in [-0.39, 0.29) is 0 Å². The maximum Gasteiger partial charge on any atom is 0.0434 e. The summed E-state index contributed by atoms with van der Waals surface area (Å²) >= 11 is 5.92. The molecule has 16 heavy (non-hydrogen) atoms. The minimum absolute atomic E-state index is 0.714. The van der Waals surface area contributed by atoms with E-state index >= 15 is 0 Å². The second-order valence-corrected chi connectivity index (χ2v) is 4.09. The van der Waals surface area contributed by atoms with Gasteiger partial charge in [-0.1, -0.05) is 23.7 Å². The molecule has 0 atom stereocenters. The molecule has 0 aliphatic heterocycles. The molecule has 2 aromatic rings. The van der Waals surface area contributed by atoms with Crippen LogP contribution in [0.3, 0.4) is 0 Å². The van der Waals surface area contributed by atoms with Crippen molar-refractivity contribution >= 4 is 28.7 Å². The van der Waals surface area contributed by atoms with Crippen molar-refractivity contribution in [3.8, 4) is 0 Å². The SMILES string of the molecule is Cc1c(N)cccc1Nc1cccc(Cl)c1. The van der Waals surface area contributed by atoms with E-state index in [0.29, 0.717) is 5.02 Å². The van der Waals surface area contributed by atoms with E-state index in [9.17, 15) is 0 Å². The highest BCUT2D eigenvalue weighted by molar-refractivity contribution is 6.30. The van der Waals surface area contributed by atoms with Crippen LogP contribution in [0.15, 0.2) is 42.5 Å². The molecule has 3 N–H and O–H groups in total. The highest BCUT2D eigenvalue weighted by Crippen LogP contribution is 2.25. The van der Waals surface area contributed by atoms with Crippen molar-refractivity contribution in [2.45, 2.75) is 6.92 Å². The molecule has 0 aliphatic carbocycles. The van der Waals surface area contributed by atoms with Gasteiger partial charge in [-0.05, 0) is 42.8 Å². The fourth-order valence-electron chi connectivity index (χ4n) is 1.51. The lowest BCUT2D eigenvalue weighted by Crippen LogP contribution is -1.96. The van der Waals surface area contributed by atoms with E-state index in [2.05, 4.69) is 5.32 Å². The largest absolute Gasteiger partial charge is 0.398 e. The van der Waals surface area contributed by atoms with Gasteiger partial charge in [0.2, 0.25) is 0 Å². The van der Waals surface area contributed by atoms with E-state index in [1.54, 1.807) is 0 Å². The van der Waals surface area contributed by atoms with Gasteiger partial charge in [0.1, 0.15) is 0 Å². The molecule has 0 saturated carbocycles. The van der Waals surface area contributed by atoms with Crippen molar-refractivity contribution in [2.75, 3.05) is 11.1 Å². The molecule has 2 aromatic carbocycles. The van der Waals surface area contributed by atoms with Crippen LogP contribution >= 0.6 is 11.6 Å². The standard InChI is InChI=1S/C13H13ClN2/c1-9-12(15)6-3-7-13(9)16-11-5-2-4-10(14)8-11/h2-8,16H,15H2,1H3. The molecule has 82 valence electrons. The Morgan fingerprint density at radius 2 is 1.88 bits per heavy atom. The first-order chi connectivity index (χ1) is 7.66. The first kappa shape index (κ1) is 10.8. The van der Waals surface area contributed by atoms with Crippen molar-refractivity contribution in [3.63, 3.8) is 0 Å². The summed E-state index contributed by atoms with van der Waals surface area (Å²) in [6, 6.07) is 13.4. The van der Waals surface area contributed by atoms with Crippen molar-refractivity contribution in [1.82, 2.24) is 0 Å². The fourth-order valence-corrected chi connectivity index (χ4v) is 1.70. The zero-order valence-electron chi connectivity index (χ0n) is 9.00. The van der Waals surface area contributed by atoms with Crippen LogP contribution in [0.5, 0.6) is 0 Å². The highest BCUT2D eigenvalue weighted by Gasteiger charge is 2.01. The number of halogens is 1. The number of anilines is 3. The number of hydrogen-bond donors (Lipinski definition) is 2. The molecule has 0 fully saturated rings. The van der Waals surface area contributed by atoms with E-state index in [4.69, 9.17) is 17.3 Å². The Labute approximate surface area is 100 Å². The number of nitrogen functional groups attached to an aromatic ring is 1. The molecule has 2 rings (SSSR count). The van der Waals surface area contributed by atoms with Crippen LogP contribution in [0.2, 0.25) is 5.02 Å². The van der Waals surface area contributed by atoms with Gasteiger partial charge < -0.3 is 11.1 Å². The Bertz CT molecular complexity index is 509. The molecule has 0 spiro atoms. The van der Waals surface area contributed by atoms with Gasteiger partial charge in [0.05, 0.1) is 0 Å². The van der Waals surface area contributed by atoms with E-state index in [1.807, 2.05) is 49.4 Å². The number of rotatable bonds is 2. The van der Waals surface area contributed by atoms with Crippen molar-refractivity contribution in [2.24, 2.45) is 0 Å². The summed E-state index contributed by atoms with van der Waals surface area (Å²) in [7, 11) is 0. The van der Waals surface area contributed by atoms with Gasteiger partial charge in [-0.3, -0.25) is 0 Å². The summed E-state index contributed by atoms with van der Waals surface area (Å²) < 4.78 is 0. The second kappa shape index (κ2) is 4.45. The Morgan fingerprint density at radius 1 is 1.12 bits per heavy atom. The van der Waals surface area contributed by atoms with E-state index in [1.165, 1.54) is 0 Å². The molecule has 2 nitrogen and oxygen atoms in total. The quantitative estimate of drug-likeness (QED) is 0.769. The minimum atomic E-state index is 0.714. The highest BCUT2D eigenvalue weighted by atomic mass is 35.5. The topological polar surface area (TPSA) is 38.0 Å². The first-order valence-corrected chi connectivity index (χ1v) is 5.42. The lowest BCUT2D eigenvalue weighted by molar-refractivity contribution is 1.43. The van der Waals surface area contributed by atoms with Crippen LogP contribution < -0.4 is 11.1 Å². The Kier molecular flexibility index (Phi) is 3.02. The number of nitrogens with one attached hydrogen (secondary N) is 1. The van der Waals surface area contributed by atoms with E-state index < -0.39 is 0 Å². The minimum Gasteiger partial charge on any atom is -0.398 e. The predicted octanol–water partition coefficient (Wildman–Crippen LogP) is 3.97. The molecule has 0 heterocycles. The maximum absolute atomic E-state index is 5.92. The third-order valence-electron chi connectivity index (χ3n) is 2.48. The average Bonchev–Trinajstić information content (AvgIpc) is 2.25. The molecule has 0 bridgehead atoms. The Balaban J connectivity index is 2.31. The number of hydrogen-bond acceptors (Lipinski definition) is 2. The predicted molar refractivity (Wildman–Crippen MR) is 70.3 cm³/mol. The van der Waals surface area contributed by atoms with Gasteiger partial charge >= 0.3 is 0 Å². The molecule has 0 aliphatic rings. The maximum atomic E-state index is 5.92. The monoisotopic (exact) mass is 232 g/mol. The van der Waals surface area contributed by atoms with Gasteiger partial charge in [0.15, 0.2) is 0 Å². The molecule has 0 saturated heterocycles. The summed E-state index contributed by atoms with van der Waals surface area (Å²) in [5.41, 5.74) is 9.63. The smallest absolute Gasteiger partial charge is 0.0434 e. The van der Waals surface area contributed by atoms with Gasteiger partial charge in [-0.2, -0.15) is 0 Å². The normalized spacial score (nSPS) is 10.1.